The van der Waals surface area contributed by atoms with Crippen molar-refractivity contribution in [3.8, 4) is 0 Å². The van der Waals surface area contributed by atoms with Crippen LogP contribution >= 0.6 is 0 Å². The molecule has 0 aromatic heterocycles. The standard InChI is InChI=1S/C18H32O/c1-5-6-7-8-15(3)13-18(19)16(4)17-11-9-14(2)10-12-17/h9,13,16-19H,5-8,10-12H2,1-4H3/b15-13+. The van der Waals surface area contributed by atoms with Crippen molar-refractivity contribution >= 4 is 0 Å². The van der Waals surface area contributed by atoms with Crippen molar-refractivity contribution in [1.29, 1.82) is 0 Å². The van der Waals surface area contributed by atoms with Crippen molar-refractivity contribution < 1.29 is 5.11 Å². The molecule has 0 radical (unpaired) electrons. The van der Waals surface area contributed by atoms with E-state index in [-0.39, 0.29) is 6.10 Å². The van der Waals surface area contributed by atoms with E-state index in [0.717, 1.165) is 12.8 Å². The summed E-state index contributed by atoms with van der Waals surface area (Å²) in [6.45, 7) is 8.82. The minimum atomic E-state index is -0.265. The molecule has 0 bridgehead atoms. The van der Waals surface area contributed by atoms with Gasteiger partial charge in [-0.3, -0.25) is 0 Å². The summed E-state index contributed by atoms with van der Waals surface area (Å²) in [5, 5.41) is 10.4. The first-order valence-electron chi connectivity index (χ1n) is 8.05. The van der Waals surface area contributed by atoms with Crippen LogP contribution < -0.4 is 0 Å². The number of unbranched alkanes of at least 4 members (excludes halogenated alkanes) is 2. The molecule has 1 rings (SSSR count). The second-order valence-corrected chi connectivity index (χ2v) is 6.40. The normalized spacial score (nSPS) is 23.9. The summed E-state index contributed by atoms with van der Waals surface area (Å²) in [7, 11) is 0. The third-order valence-electron chi connectivity index (χ3n) is 4.59. The SMILES string of the molecule is CCCCC/C(C)=C/C(O)C(C)C1CC=C(C)CC1. The lowest BCUT2D eigenvalue weighted by Crippen LogP contribution is -2.25. The Morgan fingerprint density at radius 3 is 2.79 bits per heavy atom. The van der Waals surface area contributed by atoms with Crippen molar-refractivity contribution in [1.82, 2.24) is 0 Å². The van der Waals surface area contributed by atoms with Crippen LogP contribution in [0.4, 0.5) is 0 Å². The molecule has 0 saturated heterocycles. The molecule has 0 aromatic rings. The molecular weight excluding hydrogens is 232 g/mol. The summed E-state index contributed by atoms with van der Waals surface area (Å²) < 4.78 is 0. The number of aliphatic hydroxyl groups is 1. The third kappa shape index (κ3) is 5.95. The molecule has 110 valence electrons. The van der Waals surface area contributed by atoms with Gasteiger partial charge in [-0.25, -0.2) is 0 Å². The van der Waals surface area contributed by atoms with E-state index in [9.17, 15) is 5.11 Å². The summed E-state index contributed by atoms with van der Waals surface area (Å²) in [5.74, 6) is 1.03. The van der Waals surface area contributed by atoms with E-state index in [4.69, 9.17) is 0 Å². The Morgan fingerprint density at radius 2 is 2.21 bits per heavy atom. The Balaban J connectivity index is 2.43. The van der Waals surface area contributed by atoms with Gasteiger partial charge in [0, 0.05) is 0 Å². The van der Waals surface area contributed by atoms with Crippen LogP contribution in [0.25, 0.3) is 0 Å². The Bertz CT molecular complexity index is 314. The highest BCUT2D eigenvalue weighted by atomic mass is 16.3. The van der Waals surface area contributed by atoms with Crippen molar-refractivity contribution in [2.45, 2.75) is 78.7 Å². The molecule has 1 heteroatoms. The molecular formula is C18H32O. The first-order chi connectivity index (χ1) is 9.04. The molecule has 3 unspecified atom stereocenters. The second-order valence-electron chi connectivity index (χ2n) is 6.40. The first-order valence-corrected chi connectivity index (χ1v) is 8.05. The van der Waals surface area contributed by atoms with Crippen LogP contribution in [0.3, 0.4) is 0 Å². The maximum Gasteiger partial charge on any atom is 0.0751 e. The van der Waals surface area contributed by atoms with E-state index >= 15 is 0 Å². The van der Waals surface area contributed by atoms with Gasteiger partial charge < -0.3 is 5.11 Å². The van der Waals surface area contributed by atoms with Gasteiger partial charge in [0.15, 0.2) is 0 Å². The average molecular weight is 264 g/mol. The number of rotatable bonds is 7. The second kappa shape index (κ2) is 8.58. The summed E-state index contributed by atoms with van der Waals surface area (Å²) in [6.07, 6.45) is 12.7. The first kappa shape index (κ1) is 16.5. The molecule has 0 aromatic carbocycles. The zero-order valence-electron chi connectivity index (χ0n) is 13.3. The van der Waals surface area contributed by atoms with Gasteiger partial charge >= 0.3 is 0 Å². The quantitative estimate of drug-likeness (QED) is 0.491. The zero-order chi connectivity index (χ0) is 14.3. The average Bonchev–Trinajstić information content (AvgIpc) is 2.39. The van der Waals surface area contributed by atoms with Crippen LogP contribution in [0.5, 0.6) is 0 Å². The number of allylic oxidation sites excluding steroid dienone is 3. The van der Waals surface area contributed by atoms with Crippen molar-refractivity contribution in [3.05, 3.63) is 23.3 Å². The van der Waals surface area contributed by atoms with Gasteiger partial charge in [-0.1, -0.05) is 50.0 Å². The Hall–Kier alpha value is -0.560. The fourth-order valence-corrected chi connectivity index (χ4v) is 2.92. The van der Waals surface area contributed by atoms with Crippen molar-refractivity contribution in [2.24, 2.45) is 11.8 Å². The molecule has 1 N–H and O–H groups in total. The van der Waals surface area contributed by atoms with Gasteiger partial charge in [0.1, 0.15) is 0 Å². The lowest BCUT2D eigenvalue weighted by atomic mass is 9.79. The molecule has 0 fully saturated rings. The molecule has 3 atom stereocenters. The van der Waals surface area contributed by atoms with Gasteiger partial charge in [-0.2, -0.15) is 0 Å². The Morgan fingerprint density at radius 1 is 1.47 bits per heavy atom. The predicted molar refractivity (Wildman–Crippen MR) is 84.2 cm³/mol. The Labute approximate surface area is 119 Å². The summed E-state index contributed by atoms with van der Waals surface area (Å²) in [4.78, 5) is 0. The fourth-order valence-electron chi connectivity index (χ4n) is 2.92. The van der Waals surface area contributed by atoms with E-state index in [2.05, 4.69) is 39.8 Å². The van der Waals surface area contributed by atoms with Gasteiger partial charge in [0.25, 0.3) is 0 Å². The number of hydrogen-bond donors (Lipinski definition) is 1. The van der Waals surface area contributed by atoms with Gasteiger partial charge in [-0.15, -0.1) is 0 Å². The lowest BCUT2D eigenvalue weighted by Gasteiger charge is -2.29. The summed E-state index contributed by atoms with van der Waals surface area (Å²) >= 11 is 0. The van der Waals surface area contributed by atoms with Crippen molar-refractivity contribution in [3.63, 3.8) is 0 Å². The minimum absolute atomic E-state index is 0.265. The van der Waals surface area contributed by atoms with Crippen LogP contribution in [0.15, 0.2) is 23.3 Å². The minimum Gasteiger partial charge on any atom is -0.389 e. The monoisotopic (exact) mass is 264 g/mol. The highest BCUT2D eigenvalue weighted by Crippen LogP contribution is 2.31. The maximum atomic E-state index is 10.4. The van der Waals surface area contributed by atoms with E-state index in [0.29, 0.717) is 11.8 Å². The molecule has 1 aliphatic carbocycles. The lowest BCUT2D eigenvalue weighted by molar-refractivity contribution is 0.116. The molecule has 0 heterocycles. The molecule has 0 amide bonds. The van der Waals surface area contributed by atoms with Crippen LogP contribution in [0.2, 0.25) is 0 Å². The predicted octanol–water partition coefficient (Wildman–Crippen LogP) is 5.26. The van der Waals surface area contributed by atoms with Crippen LogP contribution in [-0.2, 0) is 0 Å². The highest BCUT2D eigenvalue weighted by Gasteiger charge is 2.24. The van der Waals surface area contributed by atoms with Crippen molar-refractivity contribution in [2.75, 3.05) is 0 Å². The van der Waals surface area contributed by atoms with Crippen LogP contribution in [-0.4, -0.2) is 11.2 Å². The molecule has 0 spiro atoms. The topological polar surface area (TPSA) is 20.2 Å². The van der Waals surface area contributed by atoms with E-state index in [1.54, 1.807) is 0 Å². The summed E-state index contributed by atoms with van der Waals surface area (Å²) in [5.41, 5.74) is 2.87. The van der Waals surface area contributed by atoms with E-state index in [1.165, 1.54) is 43.3 Å². The van der Waals surface area contributed by atoms with E-state index in [1.807, 2.05) is 0 Å². The Kier molecular flexibility index (Phi) is 7.45. The van der Waals surface area contributed by atoms with Crippen LogP contribution in [0.1, 0.15) is 72.6 Å². The molecule has 0 aliphatic heterocycles. The highest BCUT2D eigenvalue weighted by molar-refractivity contribution is 5.07. The van der Waals surface area contributed by atoms with E-state index < -0.39 is 0 Å². The number of aliphatic hydroxyl groups excluding tert-OH is 1. The third-order valence-corrected chi connectivity index (χ3v) is 4.59. The number of hydrogen-bond acceptors (Lipinski definition) is 1. The zero-order valence-corrected chi connectivity index (χ0v) is 13.3. The maximum absolute atomic E-state index is 10.4. The fraction of sp³-hybridized carbons (Fsp3) is 0.778. The van der Waals surface area contributed by atoms with Gasteiger partial charge in [0.2, 0.25) is 0 Å². The van der Waals surface area contributed by atoms with Gasteiger partial charge in [0.05, 0.1) is 6.10 Å². The summed E-state index contributed by atoms with van der Waals surface area (Å²) in [6, 6.07) is 0. The smallest absolute Gasteiger partial charge is 0.0751 e. The molecule has 1 nitrogen and oxygen atoms in total. The molecule has 19 heavy (non-hydrogen) atoms. The van der Waals surface area contributed by atoms with Gasteiger partial charge in [-0.05, 0) is 57.8 Å². The van der Waals surface area contributed by atoms with Crippen LogP contribution in [0, 0.1) is 11.8 Å². The molecule has 0 saturated carbocycles. The molecule has 1 aliphatic rings. The largest absolute Gasteiger partial charge is 0.389 e.